The lowest BCUT2D eigenvalue weighted by Crippen LogP contribution is -2.51. The fourth-order valence-corrected chi connectivity index (χ4v) is 4.68. The van der Waals surface area contributed by atoms with E-state index in [9.17, 15) is 9.18 Å². The van der Waals surface area contributed by atoms with Crippen LogP contribution >= 0.6 is 11.8 Å². The number of rotatable bonds is 3. The van der Waals surface area contributed by atoms with Crippen LogP contribution in [0.3, 0.4) is 0 Å². The average molecular weight is 430 g/mol. The molecule has 0 bridgehead atoms. The van der Waals surface area contributed by atoms with Crippen LogP contribution in [0.4, 0.5) is 14.5 Å². The second-order valence-corrected chi connectivity index (χ2v) is 8.18. The van der Waals surface area contributed by atoms with Gasteiger partial charge in [0.15, 0.2) is 16.4 Å². The van der Waals surface area contributed by atoms with Gasteiger partial charge < -0.3 is 15.8 Å². The highest BCUT2D eigenvalue weighted by Gasteiger charge is 2.61. The first-order valence-corrected chi connectivity index (χ1v) is 10.3. The topological polar surface area (TPSA) is 89.1 Å². The molecule has 156 valence electrons. The molecule has 0 aliphatic carbocycles. The van der Waals surface area contributed by atoms with Gasteiger partial charge in [-0.3, -0.25) is 4.79 Å². The van der Waals surface area contributed by atoms with E-state index in [-0.39, 0.29) is 41.4 Å². The molecule has 4 rings (SSSR count). The van der Waals surface area contributed by atoms with Gasteiger partial charge in [0.05, 0.1) is 13.2 Å². The van der Waals surface area contributed by atoms with E-state index in [0.29, 0.717) is 11.3 Å². The Morgan fingerprint density at radius 1 is 1.27 bits per heavy atom. The van der Waals surface area contributed by atoms with E-state index in [1.165, 1.54) is 25.1 Å². The van der Waals surface area contributed by atoms with E-state index >= 15 is 4.39 Å². The molecule has 0 saturated carbocycles. The summed E-state index contributed by atoms with van der Waals surface area (Å²) in [5.41, 5.74) is 3.62. The minimum absolute atomic E-state index is 0.0127. The number of halogens is 2. The number of benzene rings is 2. The molecule has 1 fully saturated rings. The molecule has 0 spiro atoms. The van der Waals surface area contributed by atoms with Crippen molar-refractivity contribution in [2.45, 2.75) is 18.1 Å². The number of carbonyl (C=O) groups is 1. The van der Waals surface area contributed by atoms with Gasteiger partial charge in [-0.05, 0) is 18.2 Å². The van der Waals surface area contributed by atoms with Crippen LogP contribution < -0.4 is 11.1 Å². The molecule has 1 saturated heterocycles. The van der Waals surface area contributed by atoms with Gasteiger partial charge in [0.1, 0.15) is 11.7 Å². The van der Waals surface area contributed by atoms with Gasteiger partial charge in [-0.2, -0.15) is 0 Å². The van der Waals surface area contributed by atoms with E-state index in [4.69, 9.17) is 10.5 Å². The number of nitrogens with zero attached hydrogens (tertiary/aromatic N) is 2. The largest absolute Gasteiger partial charge is 0.383 e. The second-order valence-electron chi connectivity index (χ2n) is 7.24. The van der Waals surface area contributed by atoms with Crippen molar-refractivity contribution in [3.8, 4) is 0 Å². The lowest BCUT2D eigenvalue weighted by molar-refractivity contribution is -0.114. The predicted molar refractivity (Wildman–Crippen MR) is 114 cm³/mol. The predicted octanol–water partition coefficient (Wildman–Crippen LogP) is 3.23. The molecule has 6 nitrogen and oxygen atoms in total. The van der Waals surface area contributed by atoms with E-state index in [1.54, 1.807) is 12.1 Å². The lowest BCUT2D eigenvalue weighted by Gasteiger charge is -2.38. The Labute approximate surface area is 176 Å². The summed E-state index contributed by atoms with van der Waals surface area (Å²) in [6.07, 6.45) is 0. The molecule has 2 aliphatic rings. The maximum atomic E-state index is 15.9. The Bertz CT molecular complexity index is 1050. The molecule has 9 heteroatoms. The van der Waals surface area contributed by atoms with Crippen LogP contribution in [0.25, 0.3) is 0 Å². The second kappa shape index (κ2) is 7.81. The van der Waals surface area contributed by atoms with E-state index in [2.05, 4.69) is 15.3 Å². The Hall–Kier alpha value is -2.78. The number of fused-ring (bicyclic) bond motifs is 1. The van der Waals surface area contributed by atoms with Crippen LogP contribution in [0, 0.1) is 5.82 Å². The summed E-state index contributed by atoms with van der Waals surface area (Å²) in [4.78, 5) is 20.3. The quantitative estimate of drug-likeness (QED) is 0.578. The first kappa shape index (κ1) is 20.5. The number of alkyl halides is 1. The highest BCUT2D eigenvalue weighted by atomic mass is 32.2. The van der Waals surface area contributed by atoms with Crippen LogP contribution in [0.15, 0.2) is 58.5 Å². The summed E-state index contributed by atoms with van der Waals surface area (Å²) >= 11 is 1.11. The minimum Gasteiger partial charge on any atom is -0.383 e. The van der Waals surface area contributed by atoms with Gasteiger partial charge in [0.25, 0.3) is 0 Å². The Morgan fingerprint density at radius 2 is 2.03 bits per heavy atom. The standard InChI is InChI=1S/C21H20F2N4O2S/c1-13(28)25-15-7-8-17(22)16(9-15)21-11-29-10-20(21,23)12-30-19(27-21)26-18(24)14-5-3-2-4-6-14/h2-9H,10-12H2,1H3,(H,25,28)(H2,24,26,27)/t20-,21-/m1/s1. The van der Waals surface area contributed by atoms with Crippen molar-refractivity contribution in [3.05, 3.63) is 65.5 Å². The van der Waals surface area contributed by atoms with Crippen LogP contribution in [-0.2, 0) is 15.1 Å². The summed E-state index contributed by atoms with van der Waals surface area (Å²) < 4.78 is 36.2. The number of amides is 1. The minimum atomic E-state index is -1.92. The van der Waals surface area contributed by atoms with Crippen molar-refractivity contribution < 1.29 is 18.3 Å². The van der Waals surface area contributed by atoms with Gasteiger partial charge in [-0.15, -0.1) is 0 Å². The van der Waals surface area contributed by atoms with Gasteiger partial charge in [0.2, 0.25) is 5.91 Å². The van der Waals surface area contributed by atoms with Crippen LogP contribution in [0.2, 0.25) is 0 Å². The third-order valence-corrected chi connectivity index (χ3v) is 6.16. The Kier molecular flexibility index (Phi) is 5.33. The number of amidine groups is 2. The molecule has 2 aromatic carbocycles. The molecular weight excluding hydrogens is 410 g/mol. The van der Waals surface area contributed by atoms with Crippen LogP contribution in [-0.4, -0.2) is 41.5 Å². The van der Waals surface area contributed by atoms with Gasteiger partial charge >= 0.3 is 0 Å². The third kappa shape index (κ3) is 3.59. The number of hydrogen-bond donors (Lipinski definition) is 2. The maximum absolute atomic E-state index is 15.9. The van der Waals surface area contributed by atoms with E-state index in [0.717, 1.165) is 11.8 Å². The molecule has 2 atom stereocenters. The summed E-state index contributed by atoms with van der Waals surface area (Å²) in [5, 5.41) is 2.84. The van der Waals surface area contributed by atoms with Crippen molar-refractivity contribution in [2.24, 2.45) is 15.7 Å². The van der Waals surface area contributed by atoms with Gasteiger partial charge in [0, 0.05) is 29.5 Å². The molecule has 2 aromatic rings. The van der Waals surface area contributed by atoms with Gasteiger partial charge in [-0.25, -0.2) is 18.8 Å². The number of ether oxygens (including phenoxy) is 1. The van der Waals surface area contributed by atoms with Crippen molar-refractivity contribution in [3.63, 3.8) is 0 Å². The average Bonchev–Trinajstić information content (AvgIpc) is 3.07. The molecule has 3 N–H and O–H groups in total. The van der Waals surface area contributed by atoms with E-state index < -0.39 is 17.0 Å². The lowest BCUT2D eigenvalue weighted by atomic mass is 9.79. The van der Waals surface area contributed by atoms with Crippen molar-refractivity contribution in [1.82, 2.24) is 0 Å². The number of nitrogens with two attached hydrogens (primary N) is 1. The molecule has 2 aliphatic heterocycles. The first-order valence-electron chi connectivity index (χ1n) is 9.29. The highest BCUT2D eigenvalue weighted by molar-refractivity contribution is 8.14. The molecule has 30 heavy (non-hydrogen) atoms. The van der Waals surface area contributed by atoms with E-state index in [1.807, 2.05) is 18.2 Å². The fraction of sp³-hybridized carbons (Fsp3) is 0.286. The molecule has 0 aromatic heterocycles. The SMILES string of the molecule is CC(=O)Nc1ccc(F)c([C@]23COC[C@@]2(F)CSC(/N=C(\N)c2ccccc2)=N3)c1. The first-order chi connectivity index (χ1) is 14.3. The molecule has 0 radical (unpaired) electrons. The number of thioether (sulfide) groups is 1. The normalized spacial score (nSPS) is 26.1. The monoisotopic (exact) mass is 430 g/mol. The maximum Gasteiger partial charge on any atom is 0.221 e. The number of carbonyl (C=O) groups excluding carboxylic acids is 1. The third-order valence-electron chi connectivity index (χ3n) is 5.12. The molecule has 1 amide bonds. The summed E-state index contributed by atoms with van der Waals surface area (Å²) in [7, 11) is 0. The van der Waals surface area contributed by atoms with Crippen LogP contribution in [0.1, 0.15) is 18.1 Å². The Morgan fingerprint density at radius 3 is 2.77 bits per heavy atom. The summed E-state index contributed by atoms with van der Waals surface area (Å²) in [5.74, 6) is -0.731. The van der Waals surface area contributed by atoms with Crippen LogP contribution in [0.5, 0.6) is 0 Å². The van der Waals surface area contributed by atoms with Gasteiger partial charge in [-0.1, -0.05) is 42.1 Å². The Balaban J connectivity index is 1.81. The van der Waals surface area contributed by atoms with Crippen molar-refractivity contribution >= 4 is 34.4 Å². The molecular formula is C21H20F2N4O2S. The number of hydrogen-bond acceptors (Lipinski definition) is 5. The number of aliphatic imine (C=N–C) groups is 2. The fourth-order valence-electron chi connectivity index (χ4n) is 3.61. The smallest absolute Gasteiger partial charge is 0.221 e. The molecule has 0 unspecified atom stereocenters. The zero-order valence-corrected chi connectivity index (χ0v) is 17.0. The zero-order chi connectivity index (χ0) is 21.4. The number of anilines is 1. The van der Waals surface area contributed by atoms with Crippen molar-refractivity contribution in [1.29, 1.82) is 0 Å². The zero-order valence-electron chi connectivity index (χ0n) is 16.2. The molecule has 2 heterocycles. The number of nitrogens with one attached hydrogen (secondary N) is 1. The van der Waals surface area contributed by atoms with Crippen molar-refractivity contribution in [2.75, 3.05) is 24.3 Å². The summed E-state index contributed by atoms with van der Waals surface area (Å²) in [6, 6.07) is 13.1. The summed E-state index contributed by atoms with van der Waals surface area (Å²) in [6.45, 7) is 0.987. The highest BCUT2D eigenvalue weighted by Crippen LogP contribution is 2.51.